The van der Waals surface area contributed by atoms with Gasteiger partial charge in [0.1, 0.15) is 5.75 Å². The van der Waals surface area contributed by atoms with Crippen LogP contribution in [0.1, 0.15) is 5.56 Å². The van der Waals surface area contributed by atoms with Crippen molar-refractivity contribution in [3.05, 3.63) is 78.4 Å². The van der Waals surface area contributed by atoms with Crippen LogP contribution in [0.25, 0.3) is 22.3 Å². The fraction of sp³-hybridized carbons (Fsp3) is 0.182. The zero-order chi connectivity index (χ0) is 19.3. The second-order valence-electron chi connectivity index (χ2n) is 6.05. The summed E-state index contributed by atoms with van der Waals surface area (Å²) in [5.41, 5.74) is 4.90. The quantitative estimate of drug-likeness (QED) is 0.469. The highest BCUT2D eigenvalue weighted by Gasteiger charge is 2.26. The van der Waals surface area contributed by atoms with Crippen LogP contribution in [0.3, 0.4) is 0 Å². The Morgan fingerprint density at radius 2 is 1.30 bits per heavy atom. The van der Waals surface area contributed by atoms with Gasteiger partial charge in [0.05, 0.1) is 13.3 Å². The van der Waals surface area contributed by atoms with Crippen LogP contribution >= 0.6 is 7.60 Å². The summed E-state index contributed by atoms with van der Waals surface area (Å²) in [6, 6.07) is 24.1. The lowest BCUT2D eigenvalue weighted by Gasteiger charge is -2.20. The van der Waals surface area contributed by atoms with Gasteiger partial charge in [-0.2, -0.15) is 0 Å². The Kier molecular flexibility index (Phi) is 6.12. The first-order valence-electron chi connectivity index (χ1n) is 8.63. The summed E-state index contributed by atoms with van der Waals surface area (Å²) in [4.78, 5) is 0. The molecule has 0 spiro atoms. The average Bonchev–Trinajstić information content (AvgIpc) is 2.74. The molecule has 0 saturated carbocycles. The molecular formula is C22H23O4P. The third-order valence-corrected chi connectivity index (χ3v) is 6.35. The maximum Gasteiger partial charge on any atom is 0.334 e. The monoisotopic (exact) mass is 382 g/mol. The second-order valence-corrected chi connectivity index (χ2v) is 8.32. The molecule has 0 amide bonds. The SMILES string of the molecule is COc1c(CP(=O)(OC)OC)ccc(-c2ccccc2)c1-c1ccccc1. The van der Waals surface area contributed by atoms with Gasteiger partial charge in [0.15, 0.2) is 0 Å². The highest BCUT2D eigenvalue weighted by molar-refractivity contribution is 7.52. The van der Waals surface area contributed by atoms with Crippen LogP contribution in [-0.2, 0) is 19.8 Å². The lowest BCUT2D eigenvalue weighted by molar-refractivity contribution is 0.274. The molecule has 0 bridgehead atoms. The maximum atomic E-state index is 12.7. The second kappa shape index (κ2) is 8.53. The number of hydrogen-bond donors (Lipinski definition) is 0. The van der Waals surface area contributed by atoms with Crippen molar-refractivity contribution in [1.29, 1.82) is 0 Å². The van der Waals surface area contributed by atoms with Crippen molar-refractivity contribution in [2.45, 2.75) is 6.16 Å². The van der Waals surface area contributed by atoms with Crippen LogP contribution < -0.4 is 4.74 Å². The van der Waals surface area contributed by atoms with E-state index in [1.807, 2.05) is 60.7 Å². The van der Waals surface area contributed by atoms with Gasteiger partial charge in [0.2, 0.25) is 0 Å². The van der Waals surface area contributed by atoms with E-state index in [1.54, 1.807) is 7.11 Å². The number of methoxy groups -OCH3 is 1. The minimum absolute atomic E-state index is 0.137. The minimum Gasteiger partial charge on any atom is -0.496 e. The van der Waals surface area contributed by atoms with Gasteiger partial charge in [-0.3, -0.25) is 4.57 Å². The topological polar surface area (TPSA) is 44.8 Å². The van der Waals surface area contributed by atoms with Gasteiger partial charge in [-0.25, -0.2) is 0 Å². The van der Waals surface area contributed by atoms with Crippen molar-refractivity contribution in [3.63, 3.8) is 0 Å². The summed E-state index contributed by atoms with van der Waals surface area (Å²) in [7, 11) is 1.20. The standard InChI is InChI=1S/C22H23O4P/c1-24-22-19(16-27(23,25-2)26-3)14-15-20(17-10-6-4-7-11-17)21(22)18-12-8-5-9-13-18/h4-15H,16H2,1-3H3. The Morgan fingerprint density at radius 1 is 0.741 bits per heavy atom. The Balaban J connectivity index is 2.24. The lowest BCUT2D eigenvalue weighted by atomic mass is 9.92. The van der Waals surface area contributed by atoms with Gasteiger partial charge in [-0.15, -0.1) is 0 Å². The molecule has 0 saturated heterocycles. The van der Waals surface area contributed by atoms with E-state index in [9.17, 15) is 4.57 Å². The van der Waals surface area contributed by atoms with E-state index in [2.05, 4.69) is 12.1 Å². The Bertz CT molecular complexity index is 931. The molecule has 27 heavy (non-hydrogen) atoms. The van der Waals surface area contributed by atoms with Gasteiger partial charge in [-0.05, 0) is 16.7 Å². The van der Waals surface area contributed by atoms with Crippen molar-refractivity contribution in [3.8, 4) is 28.0 Å². The molecule has 0 N–H and O–H groups in total. The van der Waals surface area contributed by atoms with Crippen LogP contribution in [0.15, 0.2) is 72.8 Å². The normalized spacial score (nSPS) is 11.4. The first-order chi connectivity index (χ1) is 13.1. The zero-order valence-electron chi connectivity index (χ0n) is 15.7. The largest absolute Gasteiger partial charge is 0.496 e. The van der Waals surface area contributed by atoms with Gasteiger partial charge >= 0.3 is 7.60 Å². The highest BCUT2D eigenvalue weighted by atomic mass is 31.2. The Labute approximate surface area is 160 Å². The van der Waals surface area contributed by atoms with Crippen molar-refractivity contribution in [2.75, 3.05) is 21.3 Å². The Morgan fingerprint density at radius 3 is 1.81 bits per heavy atom. The molecular weight excluding hydrogens is 359 g/mol. The van der Waals surface area contributed by atoms with Gasteiger partial charge < -0.3 is 13.8 Å². The van der Waals surface area contributed by atoms with E-state index >= 15 is 0 Å². The highest BCUT2D eigenvalue weighted by Crippen LogP contribution is 2.53. The van der Waals surface area contributed by atoms with Crippen molar-refractivity contribution in [2.24, 2.45) is 0 Å². The minimum atomic E-state index is -3.22. The van der Waals surface area contributed by atoms with E-state index in [4.69, 9.17) is 13.8 Å². The molecule has 0 aliphatic heterocycles. The Hall–Kier alpha value is -2.39. The molecule has 4 nitrogen and oxygen atoms in total. The molecule has 140 valence electrons. The van der Waals surface area contributed by atoms with Crippen LogP contribution in [0, 0.1) is 0 Å². The smallest absolute Gasteiger partial charge is 0.334 e. The van der Waals surface area contributed by atoms with E-state index in [1.165, 1.54) is 14.2 Å². The number of rotatable bonds is 7. The molecule has 5 heteroatoms. The van der Waals surface area contributed by atoms with E-state index < -0.39 is 7.60 Å². The van der Waals surface area contributed by atoms with E-state index in [0.29, 0.717) is 5.75 Å². The predicted octanol–water partition coefficient (Wildman–Crippen LogP) is 6.02. The van der Waals surface area contributed by atoms with Gasteiger partial charge in [0, 0.05) is 25.3 Å². The summed E-state index contributed by atoms with van der Waals surface area (Å²) in [5.74, 6) is 0.678. The lowest BCUT2D eigenvalue weighted by Crippen LogP contribution is -2.00. The summed E-state index contributed by atoms with van der Waals surface area (Å²) in [5, 5.41) is 0. The van der Waals surface area contributed by atoms with E-state index in [-0.39, 0.29) is 6.16 Å². The molecule has 0 heterocycles. The van der Waals surface area contributed by atoms with Crippen LogP contribution in [0.4, 0.5) is 0 Å². The number of benzene rings is 3. The van der Waals surface area contributed by atoms with Crippen molar-refractivity contribution in [1.82, 2.24) is 0 Å². The molecule has 0 aliphatic carbocycles. The number of hydrogen-bond acceptors (Lipinski definition) is 4. The van der Waals surface area contributed by atoms with Gasteiger partial charge in [-0.1, -0.05) is 72.8 Å². The third-order valence-electron chi connectivity index (χ3n) is 4.51. The first-order valence-corrected chi connectivity index (χ1v) is 10.4. The number of ether oxygens (including phenoxy) is 1. The fourth-order valence-corrected chi connectivity index (χ4v) is 4.22. The van der Waals surface area contributed by atoms with Crippen molar-refractivity contribution >= 4 is 7.60 Å². The molecule has 3 aromatic rings. The molecule has 3 aromatic carbocycles. The molecule has 0 radical (unpaired) electrons. The molecule has 0 aliphatic rings. The van der Waals surface area contributed by atoms with Crippen LogP contribution in [-0.4, -0.2) is 21.3 Å². The summed E-state index contributed by atoms with van der Waals surface area (Å²) in [6.07, 6.45) is 0.137. The summed E-state index contributed by atoms with van der Waals surface area (Å²) in [6.45, 7) is 0. The molecule has 0 aromatic heterocycles. The first kappa shape index (κ1) is 19.4. The summed E-state index contributed by atoms with van der Waals surface area (Å²) >= 11 is 0. The molecule has 0 unspecified atom stereocenters. The molecule has 0 fully saturated rings. The fourth-order valence-electron chi connectivity index (χ4n) is 3.15. The average molecular weight is 382 g/mol. The van der Waals surface area contributed by atoms with Crippen molar-refractivity contribution < 1.29 is 18.3 Å². The van der Waals surface area contributed by atoms with E-state index in [0.717, 1.165) is 27.8 Å². The summed E-state index contributed by atoms with van der Waals surface area (Å²) < 4.78 is 28.7. The predicted molar refractivity (Wildman–Crippen MR) is 109 cm³/mol. The third kappa shape index (κ3) is 4.14. The zero-order valence-corrected chi connectivity index (χ0v) is 16.6. The van der Waals surface area contributed by atoms with Crippen LogP contribution in [0.2, 0.25) is 0 Å². The molecule has 0 atom stereocenters. The molecule has 3 rings (SSSR count). The van der Waals surface area contributed by atoms with Crippen LogP contribution in [0.5, 0.6) is 5.75 Å². The van der Waals surface area contributed by atoms with Gasteiger partial charge in [0.25, 0.3) is 0 Å². The maximum absolute atomic E-state index is 12.7.